The Morgan fingerprint density at radius 1 is 1.33 bits per heavy atom. The average molecular weight is 246 g/mol. The average Bonchev–Trinajstić information content (AvgIpc) is 2.59. The van der Waals surface area contributed by atoms with Gasteiger partial charge in [-0.25, -0.2) is 4.68 Å². The van der Waals surface area contributed by atoms with E-state index in [4.69, 9.17) is 10.5 Å². The second-order valence-corrected chi connectivity index (χ2v) is 4.27. The highest BCUT2D eigenvalue weighted by atomic mass is 16.5. The monoisotopic (exact) mass is 246 g/mol. The van der Waals surface area contributed by atoms with Gasteiger partial charge in [-0.15, -0.1) is 0 Å². The Bertz CT molecular complexity index is 531. The van der Waals surface area contributed by atoms with Crippen molar-refractivity contribution in [1.82, 2.24) is 14.8 Å². The first-order valence-electron chi connectivity index (χ1n) is 5.95. The highest BCUT2D eigenvalue weighted by Crippen LogP contribution is 2.26. The van der Waals surface area contributed by atoms with E-state index in [0.29, 0.717) is 12.3 Å². The van der Waals surface area contributed by atoms with Crippen LogP contribution in [-0.2, 0) is 13.5 Å². The van der Waals surface area contributed by atoms with Crippen LogP contribution in [0.25, 0.3) is 0 Å². The summed E-state index contributed by atoms with van der Waals surface area (Å²) in [6.07, 6.45) is 2.47. The number of nitrogens with two attached hydrogens (primary N) is 1. The van der Waals surface area contributed by atoms with Gasteiger partial charge >= 0.3 is 0 Å². The van der Waals surface area contributed by atoms with Gasteiger partial charge in [0, 0.05) is 18.3 Å². The van der Waals surface area contributed by atoms with E-state index in [2.05, 4.69) is 10.1 Å². The number of rotatable bonds is 4. The van der Waals surface area contributed by atoms with Gasteiger partial charge in [0.15, 0.2) is 0 Å². The van der Waals surface area contributed by atoms with E-state index in [9.17, 15) is 0 Å². The zero-order chi connectivity index (χ0) is 13.1. The van der Waals surface area contributed by atoms with Crippen molar-refractivity contribution in [3.63, 3.8) is 0 Å². The molecular weight excluding hydrogens is 228 g/mol. The van der Waals surface area contributed by atoms with E-state index in [1.54, 1.807) is 10.9 Å². The molecule has 2 rings (SSSR count). The van der Waals surface area contributed by atoms with Crippen LogP contribution in [0.1, 0.15) is 17.0 Å². The van der Waals surface area contributed by atoms with Gasteiger partial charge < -0.3 is 10.5 Å². The van der Waals surface area contributed by atoms with E-state index in [1.807, 2.05) is 33.0 Å². The first-order chi connectivity index (χ1) is 8.61. The summed E-state index contributed by atoms with van der Waals surface area (Å²) >= 11 is 0. The molecule has 96 valence electrons. The normalized spacial score (nSPS) is 10.7. The third kappa shape index (κ3) is 2.51. The topological polar surface area (TPSA) is 66.0 Å². The van der Waals surface area contributed by atoms with Gasteiger partial charge in [0.1, 0.15) is 5.75 Å². The van der Waals surface area contributed by atoms with Gasteiger partial charge in [0.2, 0.25) is 5.88 Å². The number of hydrogen-bond acceptors (Lipinski definition) is 4. The Morgan fingerprint density at radius 2 is 2.11 bits per heavy atom. The van der Waals surface area contributed by atoms with Crippen LogP contribution in [0.3, 0.4) is 0 Å². The first kappa shape index (κ1) is 12.6. The number of hydrogen-bond donors (Lipinski definition) is 1. The lowest BCUT2D eigenvalue weighted by Crippen LogP contribution is -2.05. The second kappa shape index (κ2) is 5.18. The maximum Gasteiger partial charge on any atom is 0.221 e. The molecule has 0 fully saturated rings. The van der Waals surface area contributed by atoms with Crippen molar-refractivity contribution >= 4 is 0 Å². The van der Waals surface area contributed by atoms with Gasteiger partial charge in [0.25, 0.3) is 0 Å². The van der Waals surface area contributed by atoms with Crippen molar-refractivity contribution in [2.24, 2.45) is 12.8 Å². The van der Waals surface area contributed by atoms with E-state index in [-0.39, 0.29) is 0 Å². The van der Waals surface area contributed by atoms with E-state index in [0.717, 1.165) is 29.3 Å². The molecule has 2 heterocycles. The molecule has 0 aliphatic carbocycles. The number of ether oxygens (including phenoxy) is 1. The Balaban J connectivity index is 2.30. The van der Waals surface area contributed by atoms with E-state index >= 15 is 0 Å². The van der Waals surface area contributed by atoms with Crippen LogP contribution in [0.4, 0.5) is 0 Å². The molecule has 0 aliphatic heterocycles. The smallest absolute Gasteiger partial charge is 0.221 e. The zero-order valence-corrected chi connectivity index (χ0v) is 11.0. The molecule has 0 atom stereocenters. The summed E-state index contributed by atoms with van der Waals surface area (Å²) in [6.45, 7) is 4.48. The molecule has 5 heteroatoms. The molecule has 2 aromatic rings. The summed E-state index contributed by atoms with van der Waals surface area (Å²) < 4.78 is 7.59. The fourth-order valence-corrected chi connectivity index (χ4v) is 1.87. The fourth-order valence-electron chi connectivity index (χ4n) is 1.87. The van der Waals surface area contributed by atoms with Crippen molar-refractivity contribution in [3.05, 3.63) is 35.3 Å². The summed E-state index contributed by atoms with van der Waals surface area (Å²) in [5.41, 5.74) is 8.59. The van der Waals surface area contributed by atoms with Gasteiger partial charge in [-0.05, 0) is 38.9 Å². The lowest BCUT2D eigenvalue weighted by Gasteiger charge is -2.08. The highest BCUT2D eigenvalue weighted by molar-refractivity contribution is 5.35. The minimum Gasteiger partial charge on any atom is -0.437 e. The van der Waals surface area contributed by atoms with Crippen molar-refractivity contribution < 1.29 is 4.74 Å². The lowest BCUT2D eigenvalue weighted by atomic mass is 10.2. The highest BCUT2D eigenvalue weighted by Gasteiger charge is 2.14. The third-order valence-electron chi connectivity index (χ3n) is 2.78. The predicted molar refractivity (Wildman–Crippen MR) is 69.8 cm³/mol. The molecule has 2 aromatic heterocycles. The maximum atomic E-state index is 5.85. The van der Waals surface area contributed by atoms with Gasteiger partial charge in [-0.2, -0.15) is 5.10 Å². The van der Waals surface area contributed by atoms with Crippen LogP contribution >= 0.6 is 0 Å². The number of pyridine rings is 1. The third-order valence-corrected chi connectivity index (χ3v) is 2.78. The van der Waals surface area contributed by atoms with Crippen molar-refractivity contribution in [2.75, 3.05) is 6.54 Å². The molecule has 2 N–H and O–H groups in total. The maximum absolute atomic E-state index is 5.85. The quantitative estimate of drug-likeness (QED) is 0.892. The second-order valence-electron chi connectivity index (χ2n) is 4.27. The molecule has 0 radical (unpaired) electrons. The molecule has 18 heavy (non-hydrogen) atoms. The number of aryl methyl sites for hydroxylation is 3. The van der Waals surface area contributed by atoms with Crippen LogP contribution in [0, 0.1) is 13.8 Å². The summed E-state index contributed by atoms with van der Waals surface area (Å²) in [6, 6.07) is 3.82. The largest absolute Gasteiger partial charge is 0.437 e. The molecule has 0 aromatic carbocycles. The van der Waals surface area contributed by atoms with Crippen molar-refractivity contribution in [3.8, 4) is 11.6 Å². The van der Waals surface area contributed by atoms with E-state index < -0.39 is 0 Å². The zero-order valence-electron chi connectivity index (χ0n) is 11.0. The summed E-state index contributed by atoms with van der Waals surface area (Å²) in [4.78, 5) is 4.21. The van der Waals surface area contributed by atoms with Gasteiger partial charge in [0.05, 0.1) is 11.9 Å². The Labute approximate surface area is 107 Å². The van der Waals surface area contributed by atoms with Crippen LogP contribution in [0.15, 0.2) is 18.3 Å². The molecule has 0 unspecified atom stereocenters. The Morgan fingerprint density at radius 3 is 2.72 bits per heavy atom. The lowest BCUT2D eigenvalue weighted by molar-refractivity contribution is 0.424. The summed E-state index contributed by atoms with van der Waals surface area (Å²) in [5, 5.41) is 4.36. The van der Waals surface area contributed by atoms with Crippen LogP contribution in [0.5, 0.6) is 11.6 Å². The molecule has 0 aliphatic rings. The molecule has 0 saturated heterocycles. The minimum absolute atomic E-state index is 0.578. The minimum atomic E-state index is 0.578. The number of nitrogens with zero attached hydrogens (tertiary/aromatic N) is 3. The van der Waals surface area contributed by atoms with Crippen molar-refractivity contribution in [2.45, 2.75) is 20.3 Å². The van der Waals surface area contributed by atoms with Gasteiger partial charge in [-0.3, -0.25) is 4.98 Å². The SMILES string of the molecule is Cc1ccc(Oc2c(CCN)c(C)nn2C)cn1. The molecule has 0 spiro atoms. The predicted octanol–water partition coefficient (Wildman–Crippen LogP) is 1.73. The fraction of sp³-hybridized carbons (Fsp3) is 0.385. The first-order valence-corrected chi connectivity index (χ1v) is 5.95. The van der Waals surface area contributed by atoms with E-state index in [1.165, 1.54) is 0 Å². The molecule has 0 amide bonds. The molecule has 0 bridgehead atoms. The van der Waals surface area contributed by atoms with Gasteiger partial charge in [-0.1, -0.05) is 0 Å². The standard InChI is InChI=1S/C13H18N4O/c1-9-4-5-11(8-15-9)18-13-12(6-7-14)10(2)16-17(13)3/h4-5,8H,6-7,14H2,1-3H3. The van der Waals surface area contributed by atoms with Crippen LogP contribution in [-0.4, -0.2) is 21.3 Å². The van der Waals surface area contributed by atoms with Crippen LogP contribution < -0.4 is 10.5 Å². The van der Waals surface area contributed by atoms with Crippen molar-refractivity contribution in [1.29, 1.82) is 0 Å². The summed E-state index contributed by atoms with van der Waals surface area (Å²) in [5.74, 6) is 1.45. The molecule has 5 nitrogen and oxygen atoms in total. The molecular formula is C13H18N4O. The Hall–Kier alpha value is -1.88. The van der Waals surface area contributed by atoms with Crippen LogP contribution in [0.2, 0.25) is 0 Å². The number of aromatic nitrogens is 3. The summed E-state index contributed by atoms with van der Waals surface area (Å²) in [7, 11) is 1.87. The Kier molecular flexibility index (Phi) is 3.62. The molecule has 0 saturated carbocycles.